The Bertz CT molecular complexity index is 1870. The zero-order valence-corrected chi connectivity index (χ0v) is 23.2. The van der Waals surface area contributed by atoms with E-state index in [-0.39, 0.29) is 29.1 Å². The Kier molecular flexibility index (Phi) is 6.65. The highest BCUT2D eigenvalue weighted by Gasteiger charge is 2.57. The molecule has 1 unspecified atom stereocenters. The summed E-state index contributed by atoms with van der Waals surface area (Å²) in [5.74, 6) is 1.25. The standard InChI is InChI=1S/C33H28FN5O4/c34-26-12-20(15-35)4-5-23(26)18-42-30-3-1-2-27(37-30)21-8-10-33(11-9-21)14-25(33)31-38-28-7-6-22(32(40)41)13-29(28)39(31)17-24-16-36-19-43-24/h1-7,12-13,16,19,21,25H,8-11,14,17-18H2,(H,40,41). The molecule has 2 aromatic carbocycles. The zero-order chi connectivity index (χ0) is 29.6. The summed E-state index contributed by atoms with van der Waals surface area (Å²) in [6, 6.07) is 17.1. The maximum Gasteiger partial charge on any atom is 0.335 e. The molecule has 1 spiro atoms. The number of aromatic nitrogens is 4. The number of oxazole rings is 1. The van der Waals surface area contributed by atoms with E-state index in [0.29, 0.717) is 29.7 Å². The molecule has 216 valence electrons. The molecule has 7 rings (SSSR count). The summed E-state index contributed by atoms with van der Waals surface area (Å²) in [7, 11) is 0. The van der Waals surface area contributed by atoms with Crippen molar-refractivity contribution in [2.45, 2.75) is 57.1 Å². The number of aromatic carboxylic acids is 1. The summed E-state index contributed by atoms with van der Waals surface area (Å²) < 4.78 is 27.7. The first-order valence-corrected chi connectivity index (χ1v) is 14.3. The van der Waals surface area contributed by atoms with Crippen LogP contribution >= 0.6 is 0 Å². The third-order valence-electron chi connectivity index (χ3n) is 9.03. The zero-order valence-electron chi connectivity index (χ0n) is 23.2. The Morgan fingerprint density at radius 3 is 2.77 bits per heavy atom. The number of carboxylic acids is 1. The van der Waals surface area contributed by atoms with E-state index < -0.39 is 11.8 Å². The van der Waals surface area contributed by atoms with Gasteiger partial charge >= 0.3 is 5.97 Å². The van der Waals surface area contributed by atoms with Crippen LogP contribution in [0, 0.1) is 22.6 Å². The Labute approximate surface area is 246 Å². The molecule has 1 N–H and O–H groups in total. The van der Waals surface area contributed by atoms with E-state index in [0.717, 1.165) is 54.7 Å². The number of ether oxygens (including phenoxy) is 1. The van der Waals surface area contributed by atoms with Crippen LogP contribution in [0.25, 0.3) is 11.0 Å². The number of benzene rings is 2. The van der Waals surface area contributed by atoms with Gasteiger partial charge in [-0.25, -0.2) is 24.1 Å². The van der Waals surface area contributed by atoms with Crippen molar-refractivity contribution in [3.05, 3.63) is 107 Å². The van der Waals surface area contributed by atoms with Gasteiger partial charge in [-0.3, -0.25) is 0 Å². The molecule has 3 heterocycles. The van der Waals surface area contributed by atoms with Crippen molar-refractivity contribution in [3.8, 4) is 11.9 Å². The topological polar surface area (TPSA) is 127 Å². The summed E-state index contributed by atoms with van der Waals surface area (Å²) in [4.78, 5) is 25.5. The number of pyridine rings is 1. The van der Waals surface area contributed by atoms with E-state index in [9.17, 15) is 14.3 Å². The predicted molar refractivity (Wildman–Crippen MR) is 153 cm³/mol. The molecule has 2 aliphatic rings. The molecule has 0 radical (unpaired) electrons. The van der Waals surface area contributed by atoms with Crippen molar-refractivity contribution in [2.75, 3.05) is 0 Å². The Hall–Kier alpha value is -5.04. The predicted octanol–water partition coefficient (Wildman–Crippen LogP) is 6.59. The molecular formula is C33H28FN5O4. The summed E-state index contributed by atoms with van der Waals surface area (Å²) in [6.45, 7) is 0.472. The number of carbonyl (C=O) groups is 1. The summed E-state index contributed by atoms with van der Waals surface area (Å²) in [5.41, 5.74) is 3.57. The number of nitrogens with zero attached hydrogens (tertiary/aromatic N) is 5. The number of halogens is 1. The van der Waals surface area contributed by atoms with Gasteiger partial charge in [0.05, 0.1) is 41.0 Å². The summed E-state index contributed by atoms with van der Waals surface area (Å²) >= 11 is 0. The summed E-state index contributed by atoms with van der Waals surface area (Å²) in [5, 5.41) is 18.5. The SMILES string of the molecule is N#Cc1ccc(COc2cccc(C3CCC4(CC3)CC4c3nc4ccc(C(=O)O)cc4n3Cc3cnco3)n2)c(F)c1. The van der Waals surface area contributed by atoms with Gasteiger partial charge in [0, 0.05) is 29.2 Å². The lowest BCUT2D eigenvalue weighted by Crippen LogP contribution is -2.18. The fourth-order valence-corrected chi connectivity index (χ4v) is 6.56. The lowest BCUT2D eigenvalue weighted by Gasteiger charge is -2.29. The van der Waals surface area contributed by atoms with E-state index in [2.05, 4.69) is 9.55 Å². The molecule has 0 bridgehead atoms. The van der Waals surface area contributed by atoms with E-state index in [1.54, 1.807) is 42.6 Å². The molecule has 0 aliphatic heterocycles. The van der Waals surface area contributed by atoms with Crippen LogP contribution in [0.3, 0.4) is 0 Å². The van der Waals surface area contributed by atoms with Crippen molar-refractivity contribution in [1.82, 2.24) is 19.5 Å². The van der Waals surface area contributed by atoms with Gasteiger partial charge in [-0.05, 0) is 73.9 Å². The highest BCUT2D eigenvalue weighted by atomic mass is 19.1. The first-order valence-electron chi connectivity index (χ1n) is 14.3. The number of rotatable bonds is 8. The highest BCUT2D eigenvalue weighted by molar-refractivity contribution is 5.92. The molecular weight excluding hydrogens is 549 g/mol. The van der Waals surface area contributed by atoms with E-state index in [4.69, 9.17) is 24.4 Å². The largest absolute Gasteiger partial charge is 0.478 e. The number of nitriles is 1. The van der Waals surface area contributed by atoms with E-state index >= 15 is 0 Å². The molecule has 5 aromatic rings. The lowest BCUT2D eigenvalue weighted by molar-refractivity contribution is 0.0697. The third kappa shape index (κ3) is 5.12. The Balaban J connectivity index is 1.06. The van der Waals surface area contributed by atoms with Gasteiger partial charge < -0.3 is 18.8 Å². The van der Waals surface area contributed by atoms with Crippen molar-refractivity contribution in [2.24, 2.45) is 5.41 Å². The molecule has 2 aliphatic carbocycles. The van der Waals surface area contributed by atoms with Gasteiger partial charge in [-0.2, -0.15) is 5.26 Å². The monoisotopic (exact) mass is 577 g/mol. The Morgan fingerprint density at radius 1 is 1.16 bits per heavy atom. The second-order valence-electron chi connectivity index (χ2n) is 11.5. The molecule has 2 fully saturated rings. The van der Waals surface area contributed by atoms with Crippen LogP contribution < -0.4 is 4.74 Å². The van der Waals surface area contributed by atoms with Gasteiger partial charge in [-0.15, -0.1) is 0 Å². The smallest absolute Gasteiger partial charge is 0.335 e. The average molecular weight is 578 g/mol. The molecule has 43 heavy (non-hydrogen) atoms. The number of fused-ring (bicyclic) bond motifs is 1. The van der Waals surface area contributed by atoms with Crippen molar-refractivity contribution >= 4 is 17.0 Å². The van der Waals surface area contributed by atoms with Crippen LogP contribution in [-0.2, 0) is 13.2 Å². The molecule has 9 nitrogen and oxygen atoms in total. The third-order valence-corrected chi connectivity index (χ3v) is 9.03. The number of hydrogen-bond acceptors (Lipinski definition) is 7. The normalized spacial score (nSPS) is 21.1. The number of hydrogen-bond donors (Lipinski definition) is 1. The quantitative estimate of drug-likeness (QED) is 0.219. The molecule has 3 aromatic heterocycles. The fraction of sp³-hybridized carbons (Fsp3) is 0.303. The van der Waals surface area contributed by atoms with E-state index in [1.165, 1.54) is 12.5 Å². The fourth-order valence-electron chi connectivity index (χ4n) is 6.56. The lowest BCUT2D eigenvalue weighted by atomic mass is 9.77. The number of carboxylic acid groups (broad SMARTS) is 1. The van der Waals surface area contributed by atoms with Gasteiger partial charge in [-0.1, -0.05) is 12.1 Å². The molecule has 10 heteroatoms. The van der Waals surface area contributed by atoms with E-state index in [1.807, 2.05) is 18.2 Å². The maximum atomic E-state index is 14.3. The minimum Gasteiger partial charge on any atom is -0.478 e. The second-order valence-corrected chi connectivity index (χ2v) is 11.5. The Morgan fingerprint density at radius 2 is 2.02 bits per heavy atom. The van der Waals surface area contributed by atoms with Crippen molar-refractivity contribution in [3.63, 3.8) is 0 Å². The van der Waals surface area contributed by atoms with Crippen LogP contribution in [0.5, 0.6) is 5.88 Å². The molecule has 0 amide bonds. The van der Waals surface area contributed by atoms with Gasteiger partial charge in [0.1, 0.15) is 24.0 Å². The second kappa shape index (κ2) is 10.7. The van der Waals surface area contributed by atoms with Gasteiger partial charge in [0.15, 0.2) is 6.39 Å². The molecule has 0 saturated heterocycles. The highest BCUT2D eigenvalue weighted by Crippen LogP contribution is 2.67. The van der Waals surface area contributed by atoms with Gasteiger partial charge in [0.2, 0.25) is 5.88 Å². The first-order chi connectivity index (χ1) is 20.9. The average Bonchev–Trinajstić information content (AvgIpc) is 3.32. The summed E-state index contributed by atoms with van der Waals surface area (Å²) in [6.07, 6.45) is 8.17. The van der Waals surface area contributed by atoms with Crippen LogP contribution in [0.1, 0.15) is 82.7 Å². The molecule has 1 atom stereocenters. The number of imidazole rings is 1. The van der Waals surface area contributed by atoms with Crippen molar-refractivity contribution in [1.29, 1.82) is 5.26 Å². The molecule has 2 saturated carbocycles. The minimum atomic E-state index is -0.971. The van der Waals surface area contributed by atoms with Gasteiger partial charge in [0.25, 0.3) is 0 Å². The van der Waals surface area contributed by atoms with Crippen LogP contribution in [0.2, 0.25) is 0 Å². The minimum absolute atomic E-state index is 0.0342. The van der Waals surface area contributed by atoms with Crippen LogP contribution in [0.15, 0.2) is 71.6 Å². The van der Waals surface area contributed by atoms with Crippen LogP contribution in [0.4, 0.5) is 4.39 Å². The maximum absolute atomic E-state index is 14.3. The first kappa shape index (κ1) is 26.8. The van der Waals surface area contributed by atoms with Crippen molar-refractivity contribution < 1.29 is 23.4 Å². The van der Waals surface area contributed by atoms with Crippen LogP contribution in [-0.4, -0.2) is 30.6 Å².